The van der Waals surface area contributed by atoms with Crippen LogP contribution in [0.15, 0.2) is 27.8 Å². The number of fused-ring (bicyclic) bond motifs is 2. The Morgan fingerprint density at radius 2 is 1.97 bits per heavy atom. The van der Waals surface area contributed by atoms with E-state index in [1.165, 1.54) is 4.57 Å². The second kappa shape index (κ2) is 7.91. The normalized spacial score (nSPS) is 19.8. The average molecular weight is 441 g/mol. The highest BCUT2D eigenvalue weighted by Gasteiger charge is 2.51. The van der Waals surface area contributed by atoms with Crippen LogP contribution in [-0.4, -0.2) is 51.4 Å². The third-order valence-electron chi connectivity index (χ3n) is 7.15. The lowest BCUT2D eigenvalue weighted by Gasteiger charge is -2.38. The van der Waals surface area contributed by atoms with Crippen LogP contribution in [0, 0.1) is 0 Å². The molecule has 0 spiro atoms. The molecule has 0 atom stereocenters. The van der Waals surface area contributed by atoms with Gasteiger partial charge in [-0.05, 0) is 78.7 Å². The zero-order chi connectivity index (χ0) is 21.6. The SMILES string of the molecule is Cn1cc2c(c(C(=O)NCc3ccsc3)c1=O)CCN(C(=O)C13CCCN1CCC3)C2. The summed E-state index contributed by atoms with van der Waals surface area (Å²) < 4.78 is 1.47. The van der Waals surface area contributed by atoms with Crippen LogP contribution in [0.1, 0.15) is 52.7 Å². The molecule has 3 aliphatic rings. The molecule has 164 valence electrons. The van der Waals surface area contributed by atoms with Crippen LogP contribution in [0.5, 0.6) is 0 Å². The van der Waals surface area contributed by atoms with Gasteiger partial charge in [0.25, 0.3) is 11.5 Å². The molecule has 0 aromatic carbocycles. The number of thiophene rings is 1. The Bertz CT molecular complexity index is 1070. The molecule has 0 saturated carbocycles. The van der Waals surface area contributed by atoms with Gasteiger partial charge in [0, 0.05) is 32.9 Å². The second-order valence-corrected chi connectivity index (χ2v) is 9.72. The largest absolute Gasteiger partial charge is 0.348 e. The summed E-state index contributed by atoms with van der Waals surface area (Å²) in [5.74, 6) is -0.106. The summed E-state index contributed by atoms with van der Waals surface area (Å²) in [4.78, 5) is 43.7. The first-order chi connectivity index (χ1) is 15.0. The van der Waals surface area contributed by atoms with E-state index in [0.717, 1.165) is 55.5 Å². The molecule has 2 amide bonds. The molecular formula is C23H28N4O3S. The second-order valence-electron chi connectivity index (χ2n) is 8.94. The van der Waals surface area contributed by atoms with Gasteiger partial charge in [-0.25, -0.2) is 0 Å². The number of nitrogens with zero attached hydrogens (tertiary/aromatic N) is 3. The topological polar surface area (TPSA) is 74.6 Å². The van der Waals surface area contributed by atoms with Crippen molar-refractivity contribution in [3.63, 3.8) is 0 Å². The Kier molecular flexibility index (Phi) is 5.22. The van der Waals surface area contributed by atoms with Gasteiger partial charge in [-0.3, -0.25) is 19.3 Å². The molecule has 2 saturated heterocycles. The fourth-order valence-corrected chi connectivity index (χ4v) is 6.28. The van der Waals surface area contributed by atoms with Crippen molar-refractivity contribution in [1.29, 1.82) is 0 Å². The van der Waals surface area contributed by atoms with Gasteiger partial charge in [-0.15, -0.1) is 0 Å². The molecule has 1 N–H and O–H groups in total. The Morgan fingerprint density at radius 1 is 1.19 bits per heavy atom. The Labute approximate surface area is 185 Å². The smallest absolute Gasteiger partial charge is 0.263 e. The van der Waals surface area contributed by atoms with Crippen LogP contribution in [0.4, 0.5) is 0 Å². The predicted molar refractivity (Wildman–Crippen MR) is 119 cm³/mol. The predicted octanol–water partition coefficient (Wildman–Crippen LogP) is 1.89. The first-order valence-corrected chi connectivity index (χ1v) is 12.0. The lowest BCUT2D eigenvalue weighted by atomic mass is 9.90. The van der Waals surface area contributed by atoms with Crippen LogP contribution in [0.25, 0.3) is 0 Å². The summed E-state index contributed by atoms with van der Waals surface area (Å²) in [5.41, 5.74) is 2.34. The minimum absolute atomic E-state index is 0.226. The Morgan fingerprint density at radius 3 is 2.68 bits per heavy atom. The van der Waals surface area contributed by atoms with Crippen molar-refractivity contribution in [2.24, 2.45) is 7.05 Å². The average Bonchev–Trinajstić information content (AvgIpc) is 3.49. The maximum absolute atomic E-state index is 13.6. The maximum Gasteiger partial charge on any atom is 0.263 e. The van der Waals surface area contributed by atoms with Crippen LogP contribution in [-0.2, 0) is 31.4 Å². The zero-order valence-corrected chi connectivity index (χ0v) is 18.7. The van der Waals surface area contributed by atoms with Gasteiger partial charge in [-0.1, -0.05) is 0 Å². The standard InChI is InChI=1S/C23H28N4O3S/c1-25-13-17-14-26(22(30)23-6-2-8-27(23)9-3-7-23)10-4-18(17)19(21(25)29)20(28)24-12-16-5-11-31-15-16/h5,11,13,15H,2-4,6-10,12,14H2,1H3,(H,24,28). The summed E-state index contributed by atoms with van der Waals surface area (Å²) in [6.45, 7) is 3.44. The number of rotatable bonds is 4. The molecule has 0 unspecified atom stereocenters. The summed E-state index contributed by atoms with van der Waals surface area (Å²) in [7, 11) is 1.67. The maximum atomic E-state index is 13.6. The van der Waals surface area contributed by atoms with Crippen molar-refractivity contribution in [2.45, 2.75) is 50.7 Å². The third kappa shape index (κ3) is 3.42. The molecule has 5 rings (SSSR count). The molecule has 0 aliphatic carbocycles. The Balaban J connectivity index is 1.40. The number of amides is 2. The Hall–Kier alpha value is -2.45. The highest BCUT2D eigenvalue weighted by Crippen LogP contribution is 2.41. The summed E-state index contributed by atoms with van der Waals surface area (Å²) in [6.07, 6.45) is 6.38. The van der Waals surface area contributed by atoms with E-state index in [9.17, 15) is 14.4 Å². The number of aromatic nitrogens is 1. The van der Waals surface area contributed by atoms with Crippen molar-refractivity contribution in [1.82, 2.24) is 19.7 Å². The van der Waals surface area contributed by atoms with Gasteiger partial charge < -0.3 is 14.8 Å². The molecule has 0 bridgehead atoms. The van der Waals surface area contributed by atoms with E-state index >= 15 is 0 Å². The van der Waals surface area contributed by atoms with Crippen molar-refractivity contribution < 1.29 is 9.59 Å². The van der Waals surface area contributed by atoms with E-state index in [-0.39, 0.29) is 28.5 Å². The lowest BCUT2D eigenvalue weighted by Crippen LogP contribution is -2.54. The van der Waals surface area contributed by atoms with Gasteiger partial charge >= 0.3 is 0 Å². The van der Waals surface area contributed by atoms with Crippen LogP contribution >= 0.6 is 11.3 Å². The van der Waals surface area contributed by atoms with Gasteiger partial charge in [-0.2, -0.15) is 11.3 Å². The highest BCUT2D eigenvalue weighted by atomic mass is 32.1. The van der Waals surface area contributed by atoms with E-state index in [1.807, 2.05) is 21.7 Å². The van der Waals surface area contributed by atoms with Crippen LogP contribution in [0.2, 0.25) is 0 Å². The minimum Gasteiger partial charge on any atom is -0.348 e. The monoisotopic (exact) mass is 440 g/mol. The minimum atomic E-state index is -0.334. The number of hydrogen-bond acceptors (Lipinski definition) is 5. The van der Waals surface area contributed by atoms with Crippen molar-refractivity contribution >= 4 is 23.2 Å². The zero-order valence-electron chi connectivity index (χ0n) is 17.9. The molecule has 2 fully saturated rings. The van der Waals surface area contributed by atoms with E-state index in [1.54, 1.807) is 24.6 Å². The van der Waals surface area contributed by atoms with E-state index in [4.69, 9.17) is 0 Å². The number of carbonyl (C=O) groups excluding carboxylic acids is 2. The first-order valence-electron chi connectivity index (χ1n) is 11.0. The third-order valence-corrected chi connectivity index (χ3v) is 7.89. The number of carbonyl (C=O) groups is 2. The summed E-state index contributed by atoms with van der Waals surface area (Å²) in [5, 5.41) is 6.84. The van der Waals surface area contributed by atoms with Gasteiger partial charge in [0.15, 0.2) is 0 Å². The number of hydrogen-bond donors (Lipinski definition) is 1. The van der Waals surface area contributed by atoms with Crippen molar-refractivity contribution in [2.75, 3.05) is 19.6 Å². The quantitative estimate of drug-likeness (QED) is 0.788. The number of nitrogens with one attached hydrogen (secondary N) is 1. The molecule has 2 aromatic heterocycles. The summed E-state index contributed by atoms with van der Waals surface area (Å²) >= 11 is 1.58. The molecule has 31 heavy (non-hydrogen) atoms. The number of pyridine rings is 1. The van der Waals surface area contributed by atoms with Gasteiger partial charge in [0.2, 0.25) is 5.91 Å². The van der Waals surface area contributed by atoms with Gasteiger partial charge in [0.1, 0.15) is 11.1 Å². The fourth-order valence-electron chi connectivity index (χ4n) is 5.61. The number of aryl methyl sites for hydroxylation is 1. The van der Waals surface area contributed by atoms with Crippen LogP contribution in [0.3, 0.4) is 0 Å². The molecule has 2 aromatic rings. The van der Waals surface area contributed by atoms with E-state index in [0.29, 0.717) is 26.1 Å². The molecular weight excluding hydrogens is 412 g/mol. The molecule has 7 nitrogen and oxygen atoms in total. The summed E-state index contributed by atoms with van der Waals surface area (Å²) in [6, 6.07) is 1.96. The van der Waals surface area contributed by atoms with Crippen LogP contribution < -0.4 is 10.9 Å². The van der Waals surface area contributed by atoms with Crippen molar-refractivity contribution in [3.05, 3.63) is 55.6 Å². The molecule has 8 heteroatoms. The molecule has 0 radical (unpaired) electrons. The van der Waals surface area contributed by atoms with E-state index < -0.39 is 0 Å². The molecule has 3 aliphatic heterocycles. The first kappa shape index (κ1) is 20.5. The lowest BCUT2D eigenvalue weighted by molar-refractivity contribution is -0.142. The van der Waals surface area contributed by atoms with Crippen molar-refractivity contribution in [3.8, 4) is 0 Å². The van der Waals surface area contributed by atoms with Gasteiger partial charge in [0.05, 0.1) is 0 Å². The highest BCUT2D eigenvalue weighted by molar-refractivity contribution is 7.07. The fraction of sp³-hybridized carbons (Fsp3) is 0.522. The van der Waals surface area contributed by atoms with E-state index in [2.05, 4.69) is 10.2 Å². The molecule has 5 heterocycles.